The first-order chi connectivity index (χ1) is 17.2. The lowest BCUT2D eigenvalue weighted by Gasteiger charge is -2.40. The van der Waals surface area contributed by atoms with Crippen LogP contribution in [0.5, 0.6) is 5.88 Å². The lowest BCUT2D eigenvalue weighted by atomic mass is 10.0. The van der Waals surface area contributed by atoms with Crippen LogP contribution in [0, 0.1) is 6.92 Å². The standard InChI is InChI=1S/C25H35N5O5S/c1-16-13-20(24(32)33)28-23(35-4)21(16)22(31)27-9-5-17(2)29-10-6-19(7-11-29)30(25(34)26-3)14-18-8-12-36-15-18/h8,12-13,15,17,19H,5-7,9-11,14H2,1-4H3,(H,26,34)(H,27,31)(H,32,33). The average molecular weight is 518 g/mol. The van der Waals surface area contributed by atoms with Crippen LogP contribution in [-0.2, 0) is 6.54 Å². The zero-order valence-corrected chi connectivity index (χ0v) is 22.1. The van der Waals surface area contributed by atoms with E-state index in [-0.39, 0.29) is 41.2 Å². The number of nitrogens with zero attached hydrogens (tertiary/aromatic N) is 3. The minimum Gasteiger partial charge on any atom is -0.480 e. The topological polar surface area (TPSA) is 124 Å². The minimum absolute atomic E-state index is 0.00291. The third kappa shape index (κ3) is 6.73. The number of carboxylic acids is 1. The van der Waals surface area contributed by atoms with Gasteiger partial charge in [-0.15, -0.1) is 0 Å². The summed E-state index contributed by atoms with van der Waals surface area (Å²) in [5.74, 6) is -1.51. The summed E-state index contributed by atoms with van der Waals surface area (Å²) in [7, 11) is 3.03. The molecular weight excluding hydrogens is 482 g/mol. The van der Waals surface area contributed by atoms with Crippen LogP contribution in [0.3, 0.4) is 0 Å². The van der Waals surface area contributed by atoms with Gasteiger partial charge in [-0.2, -0.15) is 11.3 Å². The number of hydrogen-bond acceptors (Lipinski definition) is 7. The molecule has 1 saturated heterocycles. The molecule has 0 saturated carbocycles. The van der Waals surface area contributed by atoms with Crippen molar-refractivity contribution in [2.45, 2.75) is 51.7 Å². The smallest absolute Gasteiger partial charge is 0.354 e. The van der Waals surface area contributed by atoms with Gasteiger partial charge in [0.05, 0.1) is 7.11 Å². The number of nitrogens with one attached hydrogen (secondary N) is 2. The van der Waals surface area contributed by atoms with Crippen molar-refractivity contribution < 1.29 is 24.2 Å². The van der Waals surface area contributed by atoms with Crippen molar-refractivity contribution >= 4 is 29.2 Å². The second-order valence-corrected chi connectivity index (χ2v) is 9.77. The number of ether oxygens (including phenoxy) is 1. The van der Waals surface area contributed by atoms with Crippen molar-refractivity contribution in [3.63, 3.8) is 0 Å². The molecule has 0 aliphatic carbocycles. The average Bonchev–Trinajstić information content (AvgIpc) is 3.39. The van der Waals surface area contributed by atoms with Gasteiger partial charge >= 0.3 is 12.0 Å². The Labute approximate surface area is 215 Å². The number of carbonyl (C=O) groups excluding carboxylic acids is 2. The Balaban J connectivity index is 1.51. The number of thiophene rings is 1. The van der Waals surface area contributed by atoms with Gasteiger partial charge in [-0.1, -0.05) is 0 Å². The number of rotatable bonds is 10. The second-order valence-electron chi connectivity index (χ2n) is 8.99. The first kappa shape index (κ1) is 27.4. The van der Waals surface area contributed by atoms with E-state index in [2.05, 4.69) is 38.9 Å². The molecule has 1 aliphatic heterocycles. The van der Waals surface area contributed by atoms with Crippen molar-refractivity contribution in [2.75, 3.05) is 33.8 Å². The first-order valence-electron chi connectivity index (χ1n) is 12.1. The van der Waals surface area contributed by atoms with Crippen molar-refractivity contribution in [3.8, 4) is 5.88 Å². The Kier molecular flexibility index (Phi) is 9.65. The van der Waals surface area contributed by atoms with Gasteiger partial charge in [0, 0.05) is 45.3 Å². The Morgan fingerprint density at radius 1 is 1.33 bits per heavy atom. The van der Waals surface area contributed by atoms with Crippen LogP contribution in [0.2, 0.25) is 0 Å². The minimum atomic E-state index is -1.18. The summed E-state index contributed by atoms with van der Waals surface area (Å²) in [5.41, 5.74) is 1.73. The second kappa shape index (κ2) is 12.7. The highest BCUT2D eigenvalue weighted by molar-refractivity contribution is 7.07. The molecule has 0 aromatic carbocycles. The number of urea groups is 1. The molecule has 3 heterocycles. The Morgan fingerprint density at radius 3 is 2.64 bits per heavy atom. The highest BCUT2D eigenvalue weighted by Gasteiger charge is 2.29. The number of methoxy groups -OCH3 is 1. The largest absolute Gasteiger partial charge is 0.480 e. The highest BCUT2D eigenvalue weighted by atomic mass is 32.1. The van der Waals surface area contributed by atoms with Crippen LogP contribution in [0.1, 0.15) is 58.2 Å². The van der Waals surface area contributed by atoms with E-state index in [0.29, 0.717) is 18.7 Å². The van der Waals surface area contributed by atoms with Crippen LogP contribution in [-0.4, -0.2) is 83.7 Å². The highest BCUT2D eigenvalue weighted by Crippen LogP contribution is 2.23. The number of aryl methyl sites for hydroxylation is 1. The molecule has 10 nitrogen and oxygen atoms in total. The molecule has 1 unspecified atom stereocenters. The number of aromatic nitrogens is 1. The van der Waals surface area contributed by atoms with E-state index in [1.165, 1.54) is 13.2 Å². The first-order valence-corrected chi connectivity index (χ1v) is 13.0. The number of piperidine rings is 1. The molecule has 0 spiro atoms. The van der Waals surface area contributed by atoms with Gasteiger partial charge in [-0.25, -0.2) is 14.6 Å². The lowest BCUT2D eigenvalue weighted by molar-refractivity contribution is 0.0688. The van der Waals surface area contributed by atoms with E-state index < -0.39 is 5.97 Å². The van der Waals surface area contributed by atoms with Gasteiger partial charge in [0.25, 0.3) is 5.91 Å². The molecule has 1 aliphatic rings. The molecular formula is C25H35N5O5S. The molecule has 2 aromatic heterocycles. The van der Waals surface area contributed by atoms with Crippen LogP contribution in [0.4, 0.5) is 4.79 Å². The number of pyridine rings is 1. The lowest BCUT2D eigenvalue weighted by Crippen LogP contribution is -2.51. The Bertz CT molecular complexity index is 1050. The van der Waals surface area contributed by atoms with Crippen LogP contribution in [0.15, 0.2) is 22.9 Å². The van der Waals surface area contributed by atoms with E-state index in [9.17, 15) is 19.5 Å². The summed E-state index contributed by atoms with van der Waals surface area (Å²) in [6.45, 7) is 6.64. The maximum Gasteiger partial charge on any atom is 0.354 e. The van der Waals surface area contributed by atoms with Gasteiger partial charge < -0.3 is 30.3 Å². The summed E-state index contributed by atoms with van der Waals surface area (Å²) >= 11 is 1.63. The fourth-order valence-corrected chi connectivity index (χ4v) is 5.23. The number of carbonyl (C=O) groups is 3. The molecule has 0 bridgehead atoms. The fraction of sp³-hybridized carbons (Fsp3) is 0.520. The molecule has 11 heteroatoms. The third-order valence-electron chi connectivity index (χ3n) is 6.64. The summed E-state index contributed by atoms with van der Waals surface area (Å²) in [6.07, 6.45) is 2.55. The SMILES string of the molecule is CNC(=O)N(Cc1ccsc1)C1CCN(C(C)CCNC(=O)c2c(C)cc(C(=O)O)nc2OC)CC1. The van der Waals surface area contributed by atoms with Crippen molar-refractivity contribution in [3.05, 3.63) is 45.3 Å². The van der Waals surface area contributed by atoms with E-state index in [4.69, 9.17) is 4.74 Å². The molecule has 3 rings (SSSR count). The summed E-state index contributed by atoms with van der Waals surface area (Å²) < 4.78 is 5.17. The van der Waals surface area contributed by atoms with Gasteiger partial charge in [0.15, 0.2) is 5.69 Å². The van der Waals surface area contributed by atoms with Gasteiger partial charge in [-0.3, -0.25) is 4.79 Å². The monoisotopic (exact) mass is 517 g/mol. The van der Waals surface area contributed by atoms with Gasteiger partial charge in [0.2, 0.25) is 5.88 Å². The molecule has 3 N–H and O–H groups in total. The summed E-state index contributed by atoms with van der Waals surface area (Å²) in [4.78, 5) is 44.8. The maximum atomic E-state index is 12.8. The number of hydrogen-bond donors (Lipinski definition) is 3. The zero-order chi connectivity index (χ0) is 26.2. The van der Waals surface area contributed by atoms with E-state index >= 15 is 0 Å². The van der Waals surface area contributed by atoms with Crippen LogP contribution in [0.25, 0.3) is 0 Å². The predicted molar refractivity (Wildman–Crippen MR) is 138 cm³/mol. The number of aromatic carboxylic acids is 1. The molecule has 1 fully saturated rings. The molecule has 196 valence electrons. The molecule has 0 radical (unpaired) electrons. The predicted octanol–water partition coefficient (Wildman–Crippen LogP) is 2.97. The number of likely N-dealkylation sites (tertiary alicyclic amines) is 1. The maximum absolute atomic E-state index is 12.8. The molecule has 2 aromatic rings. The quantitative estimate of drug-likeness (QED) is 0.443. The van der Waals surface area contributed by atoms with Crippen LogP contribution >= 0.6 is 11.3 Å². The van der Waals surface area contributed by atoms with Crippen molar-refractivity contribution in [1.82, 2.24) is 25.4 Å². The van der Waals surface area contributed by atoms with Crippen molar-refractivity contribution in [2.24, 2.45) is 0 Å². The van der Waals surface area contributed by atoms with Crippen LogP contribution < -0.4 is 15.4 Å². The summed E-state index contributed by atoms with van der Waals surface area (Å²) in [5, 5.41) is 19.0. The zero-order valence-electron chi connectivity index (χ0n) is 21.2. The van der Waals surface area contributed by atoms with E-state index in [0.717, 1.165) is 37.9 Å². The van der Waals surface area contributed by atoms with Gasteiger partial charge in [0.1, 0.15) is 5.56 Å². The fourth-order valence-electron chi connectivity index (χ4n) is 4.57. The van der Waals surface area contributed by atoms with E-state index in [1.807, 2.05) is 10.3 Å². The third-order valence-corrected chi connectivity index (χ3v) is 7.37. The van der Waals surface area contributed by atoms with Gasteiger partial charge in [-0.05, 0) is 67.1 Å². The molecule has 3 amide bonds. The summed E-state index contributed by atoms with van der Waals surface area (Å²) in [6, 6.07) is 3.82. The number of amides is 3. The molecule has 36 heavy (non-hydrogen) atoms. The Morgan fingerprint density at radius 2 is 2.06 bits per heavy atom. The Hall–Kier alpha value is -3.18. The molecule has 1 atom stereocenters. The number of carboxylic acid groups (broad SMARTS) is 1. The van der Waals surface area contributed by atoms with Crippen molar-refractivity contribution in [1.29, 1.82) is 0 Å². The van der Waals surface area contributed by atoms with E-state index in [1.54, 1.807) is 25.3 Å². The normalized spacial score (nSPS) is 15.2.